The Labute approximate surface area is 101 Å². The van der Waals surface area contributed by atoms with Gasteiger partial charge in [-0.3, -0.25) is 4.90 Å². The number of phenols is 1. The molecule has 0 bridgehead atoms. The fourth-order valence-electron chi connectivity index (χ4n) is 1.75. The maximum Gasteiger partial charge on any atom is 0.141 e. The van der Waals surface area contributed by atoms with Gasteiger partial charge in [-0.2, -0.15) is 0 Å². The van der Waals surface area contributed by atoms with Gasteiger partial charge in [0.1, 0.15) is 11.3 Å². The fourth-order valence-corrected chi connectivity index (χ4v) is 1.75. The van der Waals surface area contributed by atoms with Crippen molar-refractivity contribution in [2.24, 2.45) is 0 Å². The van der Waals surface area contributed by atoms with E-state index < -0.39 is 0 Å². The van der Waals surface area contributed by atoms with Crippen LogP contribution in [0.5, 0.6) is 5.75 Å². The molecule has 0 aliphatic carbocycles. The van der Waals surface area contributed by atoms with E-state index in [0.29, 0.717) is 18.6 Å². The van der Waals surface area contributed by atoms with Gasteiger partial charge in [0, 0.05) is 11.9 Å². The predicted molar refractivity (Wildman–Crippen MR) is 68.6 cm³/mol. The zero-order chi connectivity index (χ0) is 12.3. The average Bonchev–Trinajstić information content (AvgIpc) is 2.30. The maximum absolute atomic E-state index is 9.72. The van der Waals surface area contributed by atoms with Crippen molar-refractivity contribution in [3.05, 3.63) is 36.0 Å². The number of hydrogen-bond acceptors (Lipinski definition) is 3. The van der Waals surface area contributed by atoms with Crippen molar-refractivity contribution in [2.45, 2.75) is 6.54 Å². The Morgan fingerprint density at radius 3 is 2.94 bits per heavy atom. The van der Waals surface area contributed by atoms with E-state index in [1.54, 1.807) is 6.07 Å². The summed E-state index contributed by atoms with van der Waals surface area (Å²) in [6.07, 6.45) is 5.25. The van der Waals surface area contributed by atoms with E-state index in [0.717, 1.165) is 11.1 Å². The Balaban J connectivity index is 2.32. The molecule has 1 aromatic carbocycles. The van der Waals surface area contributed by atoms with Gasteiger partial charge >= 0.3 is 0 Å². The highest BCUT2D eigenvalue weighted by Gasteiger charge is 2.04. The number of aromatic hydroxyl groups is 1. The third-order valence-corrected chi connectivity index (χ3v) is 2.55. The Bertz CT molecular complexity index is 572. The fraction of sp³-hybridized carbons (Fsp3) is 0.214. The zero-order valence-electron chi connectivity index (χ0n) is 9.72. The monoisotopic (exact) mass is 226 g/mol. The molecular weight excluding hydrogens is 212 g/mol. The van der Waals surface area contributed by atoms with Gasteiger partial charge in [0.25, 0.3) is 0 Å². The van der Waals surface area contributed by atoms with E-state index in [9.17, 15) is 5.11 Å². The predicted octanol–water partition coefficient (Wildman–Crippen LogP) is 2.01. The highest BCUT2D eigenvalue weighted by molar-refractivity contribution is 5.84. The largest absolute Gasteiger partial charge is 0.506 e. The summed E-state index contributed by atoms with van der Waals surface area (Å²) in [6.45, 7) is 1.26. The Morgan fingerprint density at radius 2 is 2.18 bits per heavy atom. The van der Waals surface area contributed by atoms with Gasteiger partial charge in [-0.25, -0.2) is 4.98 Å². The van der Waals surface area contributed by atoms with Crippen LogP contribution in [0.3, 0.4) is 0 Å². The lowest BCUT2D eigenvalue weighted by Gasteiger charge is -2.12. The molecule has 0 saturated carbocycles. The summed E-state index contributed by atoms with van der Waals surface area (Å²) < 4.78 is 0. The molecule has 0 fully saturated rings. The number of hydrogen-bond donors (Lipinski definition) is 1. The third-order valence-electron chi connectivity index (χ3n) is 2.55. The lowest BCUT2D eigenvalue weighted by atomic mass is 10.2. The molecule has 2 rings (SSSR count). The number of phenolic OH excluding ortho intramolecular Hbond substituents is 1. The van der Waals surface area contributed by atoms with E-state index in [1.165, 1.54) is 0 Å². The van der Waals surface area contributed by atoms with Crippen molar-refractivity contribution in [3.8, 4) is 18.1 Å². The number of fused-ring (bicyclic) bond motifs is 1. The van der Waals surface area contributed by atoms with Crippen LogP contribution >= 0.6 is 0 Å². The van der Waals surface area contributed by atoms with Crippen molar-refractivity contribution >= 4 is 10.9 Å². The van der Waals surface area contributed by atoms with Crippen molar-refractivity contribution in [1.29, 1.82) is 0 Å². The minimum Gasteiger partial charge on any atom is -0.506 e. The van der Waals surface area contributed by atoms with Crippen molar-refractivity contribution in [2.75, 3.05) is 13.6 Å². The van der Waals surface area contributed by atoms with Crippen LogP contribution in [0.4, 0.5) is 0 Å². The van der Waals surface area contributed by atoms with Crippen LogP contribution in [0.1, 0.15) is 5.69 Å². The molecule has 0 amide bonds. The number of pyridine rings is 1. The molecule has 0 saturated heterocycles. The molecule has 86 valence electrons. The lowest BCUT2D eigenvalue weighted by molar-refractivity contribution is 0.364. The lowest BCUT2D eigenvalue weighted by Crippen LogP contribution is -2.18. The molecule has 3 nitrogen and oxygen atoms in total. The second-order valence-corrected chi connectivity index (χ2v) is 4.03. The first-order valence-corrected chi connectivity index (χ1v) is 5.40. The summed E-state index contributed by atoms with van der Waals surface area (Å²) in [5.41, 5.74) is 1.54. The molecule has 1 N–H and O–H groups in total. The molecule has 0 aliphatic rings. The summed E-state index contributed by atoms with van der Waals surface area (Å²) >= 11 is 0. The smallest absolute Gasteiger partial charge is 0.141 e. The van der Waals surface area contributed by atoms with Gasteiger partial charge in [-0.1, -0.05) is 24.1 Å². The topological polar surface area (TPSA) is 36.4 Å². The number of aromatic nitrogens is 1. The number of terminal acetylenes is 1. The summed E-state index contributed by atoms with van der Waals surface area (Å²) in [4.78, 5) is 6.43. The second-order valence-electron chi connectivity index (χ2n) is 4.03. The average molecular weight is 226 g/mol. The first-order chi connectivity index (χ1) is 8.20. The molecule has 17 heavy (non-hydrogen) atoms. The van der Waals surface area contributed by atoms with Gasteiger partial charge in [-0.15, -0.1) is 6.42 Å². The quantitative estimate of drug-likeness (QED) is 0.813. The molecule has 1 aromatic heterocycles. The van der Waals surface area contributed by atoms with Crippen LogP contribution in [0.2, 0.25) is 0 Å². The molecule has 0 radical (unpaired) electrons. The van der Waals surface area contributed by atoms with Crippen LogP contribution in [-0.4, -0.2) is 28.6 Å². The molecule has 0 unspecified atom stereocenters. The molecule has 1 heterocycles. The maximum atomic E-state index is 9.72. The van der Waals surface area contributed by atoms with E-state index in [4.69, 9.17) is 6.42 Å². The van der Waals surface area contributed by atoms with Gasteiger partial charge in [0.2, 0.25) is 0 Å². The minimum absolute atomic E-state index is 0.212. The van der Waals surface area contributed by atoms with Crippen molar-refractivity contribution in [3.63, 3.8) is 0 Å². The van der Waals surface area contributed by atoms with Crippen LogP contribution in [0, 0.1) is 12.3 Å². The molecule has 0 spiro atoms. The van der Waals surface area contributed by atoms with Gasteiger partial charge in [0.05, 0.1) is 12.2 Å². The van der Waals surface area contributed by atoms with E-state index >= 15 is 0 Å². The zero-order valence-corrected chi connectivity index (χ0v) is 9.72. The first-order valence-electron chi connectivity index (χ1n) is 5.40. The first kappa shape index (κ1) is 11.4. The van der Waals surface area contributed by atoms with Crippen molar-refractivity contribution < 1.29 is 5.11 Å². The summed E-state index contributed by atoms with van der Waals surface area (Å²) in [7, 11) is 1.94. The Hall–Kier alpha value is -2.05. The molecule has 3 heteroatoms. The van der Waals surface area contributed by atoms with E-state index in [2.05, 4.69) is 10.9 Å². The Morgan fingerprint density at radius 1 is 1.35 bits per heavy atom. The van der Waals surface area contributed by atoms with Gasteiger partial charge < -0.3 is 5.11 Å². The van der Waals surface area contributed by atoms with Crippen LogP contribution < -0.4 is 0 Å². The van der Waals surface area contributed by atoms with Crippen LogP contribution in [-0.2, 0) is 6.54 Å². The standard InChI is InChI=1S/C14H14N2O/c1-3-9-16(2)10-12-8-7-11-5-4-6-13(17)14(11)15-12/h1,4-8,17H,9-10H2,2H3. The molecule has 0 aliphatic heterocycles. The van der Waals surface area contributed by atoms with Gasteiger partial charge in [-0.05, 0) is 19.2 Å². The summed E-state index contributed by atoms with van der Waals surface area (Å²) in [5.74, 6) is 2.80. The molecule has 2 aromatic rings. The number of rotatable bonds is 3. The second kappa shape index (κ2) is 4.86. The summed E-state index contributed by atoms with van der Waals surface area (Å²) in [5, 5.41) is 10.7. The summed E-state index contributed by atoms with van der Waals surface area (Å²) in [6, 6.07) is 9.29. The SMILES string of the molecule is C#CCN(C)Cc1ccc2cccc(O)c2n1. The number of para-hydroxylation sites is 1. The molecule has 0 atom stereocenters. The number of benzene rings is 1. The Kier molecular flexibility index (Phi) is 3.27. The van der Waals surface area contributed by atoms with Crippen molar-refractivity contribution in [1.82, 2.24) is 9.88 Å². The highest BCUT2D eigenvalue weighted by Crippen LogP contribution is 2.22. The normalized spacial score (nSPS) is 10.6. The van der Waals surface area contributed by atoms with Crippen LogP contribution in [0.15, 0.2) is 30.3 Å². The minimum atomic E-state index is 0.212. The van der Waals surface area contributed by atoms with Gasteiger partial charge in [0.15, 0.2) is 0 Å². The van der Waals surface area contributed by atoms with Crippen LogP contribution in [0.25, 0.3) is 10.9 Å². The highest BCUT2D eigenvalue weighted by atomic mass is 16.3. The molecular formula is C14H14N2O. The van der Waals surface area contributed by atoms with E-state index in [1.807, 2.05) is 36.2 Å². The number of nitrogens with zero attached hydrogens (tertiary/aromatic N) is 2. The third kappa shape index (κ3) is 2.55. The van der Waals surface area contributed by atoms with E-state index in [-0.39, 0.29) is 5.75 Å².